The zero-order valence-electron chi connectivity index (χ0n) is 14.6. The molecule has 0 spiro atoms. The number of H-pyrrole nitrogens is 1. The molecule has 8 nitrogen and oxygen atoms in total. The van der Waals surface area contributed by atoms with Crippen molar-refractivity contribution in [2.45, 2.75) is 20.0 Å². The molecule has 0 aliphatic heterocycles. The molecule has 1 aromatic heterocycles. The highest BCUT2D eigenvalue weighted by Gasteiger charge is 2.18. The molecule has 9 heteroatoms. The molecule has 0 bridgehead atoms. The highest BCUT2D eigenvalue weighted by atomic mass is 32.1. The summed E-state index contributed by atoms with van der Waals surface area (Å²) in [7, 11) is 3.37. The quantitative estimate of drug-likeness (QED) is 0.601. The van der Waals surface area contributed by atoms with Crippen LogP contribution < -0.4 is 9.47 Å². The third-order valence-electron chi connectivity index (χ3n) is 3.23. The highest BCUT2D eigenvalue weighted by molar-refractivity contribution is 7.71. The van der Waals surface area contributed by atoms with E-state index in [2.05, 4.69) is 15.3 Å². The van der Waals surface area contributed by atoms with Crippen LogP contribution >= 0.6 is 12.2 Å². The second-order valence-corrected chi connectivity index (χ2v) is 5.77. The molecule has 0 unspecified atom stereocenters. The third kappa shape index (κ3) is 4.90. The Morgan fingerprint density at radius 3 is 2.84 bits per heavy atom. The second kappa shape index (κ2) is 8.43. The Morgan fingerprint density at radius 2 is 2.24 bits per heavy atom. The van der Waals surface area contributed by atoms with Gasteiger partial charge in [-0.3, -0.25) is 9.89 Å². The van der Waals surface area contributed by atoms with Crippen molar-refractivity contribution in [2.24, 2.45) is 5.10 Å². The molecular weight excluding hydrogens is 342 g/mol. The number of ether oxygens (including phenoxy) is 2. The topological polar surface area (TPSA) is 84.7 Å². The smallest absolute Gasteiger partial charge is 0.262 e. The molecule has 2 aromatic rings. The fourth-order valence-corrected chi connectivity index (χ4v) is 2.18. The summed E-state index contributed by atoms with van der Waals surface area (Å²) in [6.45, 7) is 4.05. The van der Waals surface area contributed by atoms with E-state index in [-0.39, 0.29) is 5.91 Å². The van der Waals surface area contributed by atoms with Gasteiger partial charge in [-0.25, -0.2) is 0 Å². The maximum absolute atomic E-state index is 12.0. The molecule has 0 aliphatic rings. The van der Waals surface area contributed by atoms with Gasteiger partial charge < -0.3 is 14.4 Å². The first-order chi connectivity index (χ1) is 11.9. The summed E-state index contributed by atoms with van der Waals surface area (Å²) in [5.74, 6) is 0.921. The normalized spacial score (nSPS) is 12.2. The van der Waals surface area contributed by atoms with Crippen LogP contribution in [0, 0.1) is 4.77 Å². The molecule has 0 saturated carbocycles. The lowest BCUT2D eigenvalue weighted by Gasteiger charge is -2.20. The van der Waals surface area contributed by atoms with E-state index in [4.69, 9.17) is 21.7 Å². The molecule has 0 radical (unpaired) electrons. The van der Waals surface area contributed by atoms with E-state index in [1.165, 1.54) is 15.9 Å². The van der Waals surface area contributed by atoms with Gasteiger partial charge >= 0.3 is 0 Å². The van der Waals surface area contributed by atoms with Crippen LogP contribution in [0.3, 0.4) is 0 Å². The number of carbonyl (C=O) groups excluding carboxylic acids is 1. The van der Waals surface area contributed by atoms with Crippen molar-refractivity contribution in [3.63, 3.8) is 0 Å². The van der Waals surface area contributed by atoms with Gasteiger partial charge in [-0.05, 0) is 49.8 Å². The Labute approximate surface area is 151 Å². The Hall–Kier alpha value is -2.68. The standard InChI is InChI=1S/C16H21N5O3S/c1-5-23-14-8-12(9-18-21-10-17-19-16(21)25)6-7-13(14)24-11(2)15(22)20(3)4/h6-11H,5H2,1-4H3,(H,19,25)/b18-9-/t11-/m1/s1. The van der Waals surface area contributed by atoms with Gasteiger partial charge in [0.05, 0.1) is 12.8 Å². The monoisotopic (exact) mass is 363 g/mol. The zero-order valence-corrected chi connectivity index (χ0v) is 15.4. The zero-order chi connectivity index (χ0) is 18.4. The van der Waals surface area contributed by atoms with Crippen molar-refractivity contribution in [2.75, 3.05) is 20.7 Å². The highest BCUT2D eigenvalue weighted by Crippen LogP contribution is 2.29. The number of benzene rings is 1. The van der Waals surface area contributed by atoms with Crippen LogP contribution in [0.15, 0.2) is 29.6 Å². The average Bonchev–Trinajstić information content (AvgIpc) is 2.99. The molecule has 1 heterocycles. The molecule has 1 atom stereocenters. The van der Waals surface area contributed by atoms with Gasteiger partial charge in [0.15, 0.2) is 17.6 Å². The molecule has 1 aromatic carbocycles. The van der Waals surface area contributed by atoms with Gasteiger partial charge in [-0.2, -0.15) is 14.9 Å². The van der Waals surface area contributed by atoms with E-state index in [0.717, 1.165) is 5.56 Å². The van der Waals surface area contributed by atoms with Gasteiger partial charge in [-0.15, -0.1) is 0 Å². The molecule has 0 fully saturated rings. The summed E-state index contributed by atoms with van der Waals surface area (Å²) in [4.78, 5) is 13.5. The summed E-state index contributed by atoms with van der Waals surface area (Å²) in [5, 5.41) is 10.6. The number of hydrogen-bond donors (Lipinski definition) is 1. The van der Waals surface area contributed by atoms with Crippen molar-refractivity contribution >= 4 is 24.3 Å². The van der Waals surface area contributed by atoms with E-state index < -0.39 is 6.10 Å². The fourth-order valence-electron chi connectivity index (χ4n) is 2.03. The lowest BCUT2D eigenvalue weighted by Crippen LogP contribution is -2.35. The molecule has 25 heavy (non-hydrogen) atoms. The molecule has 2 rings (SSSR count). The Morgan fingerprint density at radius 1 is 1.48 bits per heavy atom. The van der Waals surface area contributed by atoms with Gasteiger partial charge in [0.1, 0.15) is 6.33 Å². The number of nitrogens with one attached hydrogen (secondary N) is 1. The van der Waals surface area contributed by atoms with E-state index in [0.29, 0.717) is 22.9 Å². The van der Waals surface area contributed by atoms with Crippen LogP contribution in [0.2, 0.25) is 0 Å². The largest absolute Gasteiger partial charge is 0.490 e. The summed E-state index contributed by atoms with van der Waals surface area (Å²) in [5.41, 5.74) is 0.797. The van der Waals surface area contributed by atoms with Crippen molar-refractivity contribution in [3.8, 4) is 11.5 Å². The molecule has 0 aliphatic carbocycles. The summed E-state index contributed by atoms with van der Waals surface area (Å²) >= 11 is 5.03. The number of carbonyl (C=O) groups is 1. The van der Waals surface area contributed by atoms with Crippen molar-refractivity contribution in [1.29, 1.82) is 0 Å². The number of aromatic amines is 1. The Balaban J connectivity index is 2.22. The fraction of sp³-hybridized carbons (Fsp3) is 0.375. The average molecular weight is 363 g/mol. The van der Waals surface area contributed by atoms with Crippen LogP contribution in [0.25, 0.3) is 0 Å². The number of rotatable bonds is 7. The summed E-state index contributed by atoms with van der Waals surface area (Å²) < 4.78 is 13.2. The predicted molar refractivity (Wildman–Crippen MR) is 96.8 cm³/mol. The van der Waals surface area contributed by atoms with Crippen molar-refractivity contribution < 1.29 is 14.3 Å². The third-order valence-corrected chi connectivity index (χ3v) is 3.50. The van der Waals surface area contributed by atoms with Gasteiger partial charge in [0, 0.05) is 14.1 Å². The van der Waals surface area contributed by atoms with Gasteiger partial charge in [0.25, 0.3) is 5.91 Å². The van der Waals surface area contributed by atoms with Crippen LogP contribution in [0.1, 0.15) is 19.4 Å². The Bertz CT molecular complexity index is 812. The molecule has 134 valence electrons. The number of likely N-dealkylation sites (N-methyl/N-ethyl adjacent to an activating group) is 1. The second-order valence-electron chi connectivity index (χ2n) is 5.38. The number of hydrogen-bond acceptors (Lipinski definition) is 6. The number of aromatic nitrogens is 3. The minimum atomic E-state index is -0.613. The SMILES string of the molecule is CCOc1cc(/C=N\n2cn[nH]c2=S)ccc1O[C@H](C)C(=O)N(C)C. The number of nitrogens with zero attached hydrogens (tertiary/aromatic N) is 4. The van der Waals surface area contributed by atoms with E-state index in [9.17, 15) is 4.79 Å². The van der Waals surface area contributed by atoms with E-state index in [1.807, 2.05) is 13.0 Å². The van der Waals surface area contributed by atoms with Crippen LogP contribution in [-0.4, -0.2) is 58.7 Å². The van der Waals surface area contributed by atoms with Gasteiger partial charge in [0.2, 0.25) is 4.77 Å². The lowest BCUT2D eigenvalue weighted by molar-refractivity contribution is -0.135. The van der Waals surface area contributed by atoms with E-state index >= 15 is 0 Å². The maximum Gasteiger partial charge on any atom is 0.262 e. The lowest BCUT2D eigenvalue weighted by atomic mass is 10.2. The summed E-state index contributed by atoms with van der Waals surface area (Å²) in [6, 6.07) is 5.36. The van der Waals surface area contributed by atoms with Crippen LogP contribution in [0.4, 0.5) is 0 Å². The first-order valence-electron chi connectivity index (χ1n) is 7.73. The van der Waals surface area contributed by atoms with Crippen LogP contribution in [0.5, 0.6) is 11.5 Å². The Kier molecular flexibility index (Phi) is 6.29. The molecule has 1 N–H and O–H groups in total. The first-order valence-corrected chi connectivity index (χ1v) is 8.14. The van der Waals surface area contributed by atoms with Crippen molar-refractivity contribution in [1.82, 2.24) is 19.8 Å². The molecular formula is C16H21N5O3S. The molecule has 0 saturated heterocycles. The predicted octanol–water partition coefficient (Wildman–Crippen LogP) is 2.08. The molecule has 1 amide bonds. The number of amides is 1. The van der Waals surface area contributed by atoms with Gasteiger partial charge in [-0.1, -0.05) is 0 Å². The summed E-state index contributed by atoms with van der Waals surface area (Å²) in [6.07, 6.45) is 2.50. The minimum absolute atomic E-state index is 0.123. The van der Waals surface area contributed by atoms with Crippen molar-refractivity contribution in [3.05, 3.63) is 34.9 Å². The van der Waals surface area contributed by atoms with E-state index in [1.54, 1.807) is 39.4 Å². The van der Waals surface area contributed by atoms with Crippen LogP contribution in [-0.2, 0) is 4.79 Å². The first kappa shape index (κ1) is 18.7. The minimum Gasteiger partial charge on any atom is -0.490 e. The maximum atomic E-state index is 12.0.